The summed E-state index contributed by atoms with van der Waals surface area (Å²) in [5, 5.41) is 2.67. The van der Waals surface area contributed by atoms with Gasteiger partial charge in [0.1, 0.15) is 9.84 Å². The fourth-order valence-corrected chi connectivity index (χ4v) is 2.32. The Bertz CT molecular complexity index is 500. The van der Waals surface area contributed by atoms with Crippen molar-refractivity contribution in [1.82, 2.24) is 5.32 Å². The molecular formula is C13H20N2O3S. The average molecular weight is 284 g/mol. The first-order chi connectivity index (χ1) is 8.88. The Morgan fingerprint density at radius 3 is 2.53 bits per heavy atom. The van der Waals surface area contributed by atoms with Crippen molar-refractivity contribution in [1.29, 1.82) is 0 Å². The number of nitrogens with one attached hydrogen (secondary N) is 1. The lowest BCUT2D eigenvalue weighted by molar-refractivity contribution is -0.121. The van der Waals surface area contributed by atoms with Gasteiger partial charge in [-0.3, -0.25) is 4.79 Å². The van der Waals surface area contributed by atoms with E-state index in [2.05, 4.69) is 5.32 Å². The highest BCUT2D eigenvalue weighted by atomic mass is 32.2. The van der Waals surface area contributed by atoms with E-state index in [0.29, 0.717) is 13.0 Å². The third-order valence-corrected chi connectivity index (χ3v) is 3.68. The Hall–Kier alpha value is -1.40. The van der Waals surface area contributed by atoms with Gasteiger partial charge in [0.15, 0.2) is 0 Å². The van der Waals surface area contributed by atoms with E-state index >= 15 is 0 Å². The maximum absolute atomic E-state index is 11.6. The van der Waals surface area contributed by atoms with Gasteiger partial charge in [-0.25, -0.2) is 8.42 Å². The summed E-state index contributed by atoms with van der Waals surface area (Å²) in [6, 6.07) is 9.06. The molecule has 0 spiro atoms. The predicted octanol–water partition coefficient (Wildman–Crippen LogP) is 0.627. The molecule has 106 valence electrons. The summed E-state index contributed by atoms with van der Waals surface area (Å²) in [7, 11) is -2.96. The summed E-state index contributed by atoms with van der Waals surface area (Å²) in [4.78, 5) is 11.6. The van der Waals surface area contributed by atoms with Crippen LogP contribution in [-0.4, -0.2) is 32.9 Å². The van der Waals surface area contributed by atoms with Gasteiger partial charge in [0.05, 0.1) is 5.75 Å². The van der Waals surface area contributed by atoms with Crippen molar-refractivity contribution < 1.29 is 13.2 Å². The van der Waals surface area contributed by atoms with Gasteiger partial charge >= 0.3 is 0 Å². The Morgan fingerprint density at radius 1 is 1.32 bits per heavy atom. The van der Waals surface area contributed by atoms with Crippen molar-refractivity contribution in [2.75, 3.05) is 18.6 Å². The number of carbonyl (C=O) groups excluding carboxylic acids is 1. The number of hydrogen-bond donors (Lipinski definition) is 2. The maximum Gasteiger partial charge on any atom is 0.221 e. The lowest BCUT2D eigenvalue weighted by Gasteiger charge is -2.11. The number of nitrogens with two attached hydrogens (primary N) is 1. The van der Waals surface area contributed by atoms with E-state index in [4.69, 9.17) is 5.73 Å². The minimum absolute atomic E-state index is 0.0814. The van der Waals surface area contributed by atoms with E-state index in [1.165, 1.54) is 6.26 Å². The molecule has 1 unspecified atom stereocenters. The van der Waals surface area contributed by atoms with Crippen molar-refractivity contribution in [3.8, 4) is 0 Å². The Labute approximate surface area is 114 Å². The van der Waals surface area contributed by atoms with Crippen LogP contribution in [0.15, 0.2) is 30.3 Å². The molecule has 0 aliphatic carbocycles. The molecule has 1 aromatic carbocycles. The van der Waals surface area contributed by atoms with Gasteiger partial charge in [0, 0.05) is 25.3 Å². The number of benzene rings is 1. The van der Waals surface area contributed by atoms with E-state index < -0.39 is 9.84 Å². The molecule has 1 amide bonds. The van der Waals surface area contributed by atoms with Crippen LogP contribution in [0.1, 0.15) is 24.4 Å². The molecule has 1 atom stereocenters. The highest BCUT2D eigenvalue weighted by molar-refractivity contribution is 7.90. The van der Waals surface area contributed by atoms with Gasteiger partial charge in [-0.05, 0) is 12.0 Å². The van der Waals surface area contributed by atoms with Crippen LogP contribution in [-0.2, 0) is 14.6 Å². The van der Waals surface area contributed by atoms with Crippen LogP contribution in [0.4, 0.5) is 0 Å². The summed E-state index contributed by atoms with van der Waals surface area (Å²) in [6.45, 7) is 0.355. The third-order valence-electron chi connectivity index (χ3n) is 2.65. The van der Waals surface area contributed by atoms with Crippen LogP contribution in [0.5, 0.6) is 0 Å². The molecule has 3 N–H and O–H groups in total. The molecule has 0 fully saturated rings. The summed E-state index contributed by atoms with van der Waals surface area (Å²) < 4.78 is 21.8. The quantitative estimate of drug-likeness (QED) is 0.719. The first-order valence-corrected chi connectivity index (χ1v) is 8.19. The molecule has 0 saturated carbocycles. The molecule has 1 aromatic rings. The van der Waals surface area contributed by atoms with E-state index in [1.54, 1.807) is 0 Å². The molecule has 0 aromatic heterocycles. The highest BCUT2D eigenvalue weighted by Gasteiger charge is 2.11. The molecule has 0 aliphatic heterocycles. The molecule has 0 saturated heterocycles. The number of amides is 1. The molecule has 5 nitrogen and oxygen atoms in total. The second-order valence-corrected chi connectivity index (χ2v) is 6.81. The van der Waals surface area contributed by atoms with Crippen LogP contribution in [0.3, 0.4) is 0 Å². The van der Waals surface area contributed by atoms with Gasteiger partial charge in [0.25, 0.3) is 0 Å². The summed E-state index contributed by atoms with van der Waals surface area (Å²) in [5.41, 5.74) is 6.82. The minimum Gasteiger partial charge on any atom is -0.356 e. The first kappa shape index (κ1) is 15.7. The van der Waals surface area contributed by atoms with Gasteiger partial charge in [-0.2, -0.15) is 0 Å². The summed E-state index contributed by atoms with van der Waals surface area (Å²) >= 11 is 0. The summed E-state index contributed by atoms with van der Waals surface area (Å²) in [5.74, 6) is -0.0808. The molecule has 0 heterocycles. The highest BCUT2D eigenvalue weighted by Crippen LogP contribution is 2.12. The standard InChI is InChI=1S/C13H20N2O3S/c1-19(17,18)9-5-8-15-13(16)10-12(14)11-6-3-2-4-7-11/h2-4,6-7,12H,5,8-10,14H2,1H3,(H,15,16). The first-order valence-electron chi connectivity index (χ1n) is 6.13. The number of hydrogen-bond acceptors (Lipinski definition) is 4. The van der Waals surface area contributed by atoms with Gasteiger partial charge in [-0.15, -0.1) is 0 Å². The Balaban J connectivity index is 2.28. The van der Waals surface area contributed by atoms with E-state index in [9.17, 15) is 13.2 Å². The molecule has 19 heavy (non-hydrogen) atoms. The minimum atomic E-state index is -2.96. The van der Waals surface area contributed by atoms with Gasteiger partial charge in [-0.1, -0.05) is 30.3 Å². The Kier molecular flexibility index (Phi) is 5.98. The van der Waals surface area contributed by atoms with E-state index in [1.807, 2.05) is 30.3 Å². The summed E-state index contributed by atoms with van der Waals surface area (Å²) in [6.07, 6.45) is 1.80. The lowest BCUT2D eigenvalue weighted by Crippen LogP contribution is -2.29. The molecule has 0 radical (unpaired) electrons. The molecule has 0 bridgehead atoms. The lowest BCUT2D eigenvalue weighted by atomic mass is 10.0. The fraction of sp³-hybridized carbons (Fsp3) is 0.462. The zero-order chi connectivity index (χ0) is 14.3. The van der Waals surface area contributed by atoms with Crippen molar-refractivity contribution in [2.24, 2.45) is 5.73 Å². The van der Waals surface area contributed by atoms with Crippen molar-refractivity contribution in [3.05, 3.63) is 35.9 Å². The zero-order valence-electron chi connectivity index (χ0n) is 11.0. The number of rotatable bonds is 7. The van der Waals surface area contributed by atoms with Crippen LogP contribution in [0, 0.1) is 0 Å². The monoisotopic (exact) mass is 284 g/mol. The van der Waals surface area contributed by atoms with Crippen molar-refractivity contribution >= 4 is 15.7 Å². The van der Waals surface area contributed by atoms with Crippen molar-refractivity contribution in [2.45, 2.75) is 18.9 Å². The largest absolute Gasteiger partial charge is 0.356 e. The second-order valence-electron chi connectivity index (χ2n) is 4.55. The zero-order valence-corrected chi connectivity index (χ0v) is 11.8. The van der Waals surface area contributed by atoms with Gasteiger partial charge < -0.3 is 11.1 Å². The topological polar surface area (TPSA) is 89.3 Å². The second kappa shape index (κ2) is 7.25. The maximum atomic E-state index is 11.6. The predicted molar refractivity (Wildman–Crippen MR) is 75.3 cm³/mol. The fourth-order valence-electron chi connectivity index (χ4n) is 1.65. The van der Waals surface area contributed by atoms with Crippen LogP contribution >= 0.6 is 0 Å². The number of sulfone groups is 1. The van der Waals surface area contributed by atoms with Crippen molar-refractivity contribution in [3.63, 3.8) is 0 Å². The molecule has 1 rings (SSSR count). The number of carbonyl (C=O) groups is 1. The average Bonchev–Trinajstić information content (AvgIpc) is 2.34. The van der Waals surface area contributed by atoms with Crippen LogP contribution in [0.2, 0.25) is 0 Å². The van der Waals surface area contributed by atoms with Gasteiger partial charge in [0.2, 0.25) is 5.91 Å². The van der Waals surface area contributed by atoms with Crippen LogP contribution < -0.4 is 11.1 Å². The normalized spacial score (nSPS) is 12.9. The SMILES string of the molecule is CS(=O)(=O)CCCNC(=O)CC(N)c1ccccc1. The molecule has 6 heteroatoms. The van der Waals surface area contributed by atoms with Crippen LogP contribution in [0.25, 0.3) is 0 Å². The Morgan fingerprint density at radius 2 is 1.95 bits per heavy atom. The smallest absolute Gasteiger partial charge is 0.221 e. The molecule has 0 aliphatic rings. The molecular weight excluding hydrogens is 264 g/mol. The third kappa shape index (κ3) is 6.93. The van der Waals surface area contributed by atoms with E-state index in [0.717, 1.165) is 5.56 Å². The van der Waals surface area contributed by atoms with E-state index in [-0.39, 0.29) is 24.1 Å².